The molecule has 4 heterocycles. The molecule has 37 heavy (non-hydrogen) atoms. The molecule has 0 bridgehead atoms. The highest BCUT2D eigenvalue weighted by Crippen LogP contribution is 2.36. The van der Waals surface area contributed by atoms with Gasteiger partial charge in [0.2, 0.25) is 5.91 Å². The fourth-order valence-electron chi connectivity index (χ4n) is 3.71. The predicted molar refractivity (Wildman–Crippen MR) is 125 cm³/mol. The first-order chi connectivity index (χ1) is 17.6. The van der Waals surface area contributed by atoms with Crippen molar-refractivity contribution in [1.82, 2.24) is 34.7 Å². The third kappa shape index (κ3) is 4.33. The molecule has 11 nitrogen and oxygen atoms in total. The molecule has 5 rings (SSSR count). The summed E-state index contributed by atoms with van der Waals surface area (Å²) in [5.41, 5.74) is 3.39. The van der Waals surface area contributed by atoms with Crippen molar-refractivity contribution in [2.24, 2.45) is 5.73 Å². The van der Waals surface area contributed by atoms with Crippen LogP contribution in [0.1, 0.15) is 26.4 Å². The van der Waals surface area contributed by atoms with Gasteiger partial charge in [-0.1, -0.05) is 11.6 Å². The maximum Gasteiger partial charge on any atom is 0.434 e. The van der Waals surface area contributed by atoms with Crippen LogP contribution in [0.2, 0.25) is 5.02 Å². The lowest BCUT2D eigenvalue weighted by Crippen LogP contribution is -2.21. The molecular weight excluding hydrogens is 515 g/mol. The van der Waals surface area contributed by atoms with Gasteiger partial charge in [0.05, 0.1) is 46.7 Å². The van der Waals surface area contributed by atoms with Gasteiger partial charge in [-0.05, 0) is 24.3 Å². The molecule has 0 spiro atoms. The van der Waals surface area contributed by atoms with Gasteiger partial charge < -0.3 is 11.1 Å². The van der Waals surface area contributed by atoms with E-state index in [0.29, 0.717) is 4.68 Å². The van der Waals surface area contributed by atoms with Gasteiger partial charge in [-0.2, -0.15) is 28.5 Å². The normalized spacial score (nSPS) is 11.6. The molecule has 1 aromatic carbocycles. The summed E-state index contributed by atoms with van der Waals surface area (Å²) in [6, 6.07) is 5.25. The minimum atomic E-state index is -4.98. The number of anilines is 1. The van der Waals surface area contributed by atoms with Gasteiger partial charge in [-0.25, -0.2) is 9.67 Å². The Morgan fingerprint density at radius 2 is 1.70 bits per heavy atom. The molecule has 0 unspecified atom stereocenters. The first-order valence-electron chi connectivity index (χ1n) is 10.3. The second kappa shape index (κ2) is 8.98. The number of hydrogen-bond donors (Lipinski definition) is 2. The van der Waals surface area contributed by atoms with Gasteiger partial charge in [0.25, 0.3) is 5.91 Å². The van der Waals surface area contributed by atoms with Crippen molar-refractivity contribution in [1.29, 1.82) is 0 Å². The zero-order valence-corrected chi connectivity index (χ0v) is 19.1. The highest BCUT2D eigenvalue weighted by atomic mass is 35.5. The summed E-state index contributed by atoms with van der Waals surface area (Å²) in [6.07, 6.45) is 2.49. The van der Waals surface area contributed by atoms with Crippen LogP contribution in [0.15, 0.2) is 61.4 Å². The van der Waals surface area contributed by atoms with Crippen LogP contribution < -0.4 is 11.1 Å². The molecule has 0 radical (unpaired) electrons. The van der Waals surface area contributed by atoms with Gasteiger partial charge in [0, 0.05) is 28.7 Å². The van der Waals surface area contributed by atoms with Crippen LogP contribution in [0.4, 0.5) is 18.9 Å². The van der Waals surface area contributed by atoms with Gasteiger partial charge in [0.1, 0.15) is 0 Å². The molecule has 0 fully saturated rings. The van der Waals surface area contributed by atoms with E-state index in [4.69, 9.17) is 17.3 Å². The van der Waals surface area contributed by atoms with E-state index in [0.717, 1.165) is 11.0 Å². The standard InChI is InChI=1S/C22H13ClF3N9O2/c23-16-7-11(8-29-20(16)35-30-5-6-31-35)33-21(37)15-10-32-34(18(15)22(24,25)26)17-2-1-13(19(27)36)14-9-28-4-3-12(14)17/h1-10H,(H2,27,36)(H,33,37). The van der Waals surface area contributed by atoms with Crippen LogP contribution >= 0.6 is 11.6 Å². The van der Waals surface area contributed by atoms with Crippen molar-refractivity contribution < 1.29 is 22.8 Å². The molecule has 0 aliphatic heterocycles. The fraction of sp³-hybridized carbons (Fsp3) is 0.0455. The monoisotopic (exact) mass is 527 g/mol. The lowest BCUT2D eigenvalue weighted by atomic mass is 10.0. The Labute approximate surface area is 209 Å². The first-order valence-corrected chi connectivity index (χ1v) is 10.7. The Bertz CT molecular complexity index is 1670. The second-order valence-corrected chi connectivity index (χ2v) is 7.94. The smallest absolute Gasteiger partial charge is 0.366 e. The second-order valence-electron chi connectivity index (χ2n) is 7.54. The Kier molecular flexibility index (Phi) is 5.79. The van der Waals surface area contributed by atoms with Crippen LogP contribution in [-0.2, 0) is 6.18 Å². The Balaban J connectivity index is 1.56. The number of rotatable bonds is 5. The number of nitrogens with one attached hydrogen (secondary N) is 1. The summed E-state index contributed by atoms with van der Waals surface area (Å²) >= 11 is 6.18. The number of pyridine rings is 2. The lowest BCUT2D eigenvalue weighted by molar-refractivity contribution is -0.143. The van der Waals surface area contributed by atoms with E-state index < -0.39 is 29.2 Å². The van der Waals surface area contributed by atoms with Crippen molar-refractivity contribution in [3.8, 4) is 11.5 Å². The number of amides is 2. The van der Waals surface area contributed by atoms with Gasteiger partial charge in [-0.15, -0.1) is 4.80 Å². The van der Waals surface area contributed by atoms with Crippen molar-refractivity contribution in [2.75, 3.05) is 5.32 Å². The lowest BCUT2D eigenvalue weighted by Gasteiger charge is -2.15. The van der Waals surface area contributed by atoms with Crippen molar-refractivity contribution in [3.63, 3.8) is 0 Å². The summed E-state index contributed by atoms with van der Waals surface area (Å²) in [7, 11) is 0. The molecule has 4 aromatic heterocycles. The summed E-state index contributed by atoms with van der Waals surface area (Å²) in [4.78, 5) is 33.8. The maximum atomic E-state index is 14.2. The fourth-order valence-corrected chi connectivity index (χ4v) is 3.96. The van der Waals surface area contributed by atoms with Gasteiger partial charge in [0.15, 0.2) is 11.5 Å². The number of fused-ring (bicyclic) bond motifs is 1. The number of aromatic nitrogens is 7. The highest BCUT2D eigenvalue weighted by Gasteiger charge is 2.41. The van der Waals surface area contributed by atoms with E-state index in [-0.39, 0.29) is 38.6 Å². The third-order valence-corrected chi connectivity index (χ3v) is 5.54. The zero-order chi connectivity index (χ0) is 26.3. The minimum absolute atomic E-state index is 0.0328. The van der Waals surface area contributed by atoms with E-state index in [9.17, 15) is 22.8 Å². The van der Waals surface area contributed by atoms with Gasteiger partial charge in [-0.3, -0.25) is 14.6 Å². The molecule has 0 aliphatic carbocycles. The molecule has 0 saturated carbocycles. The predicted octanol–water partition coefficient (Wildman–Crippen LogP) is 3.42. The van der Waals surface area contributed by atoms with E-state index in [2.05, 4.69) is 30.6 Å². The molecule has 5 aromatic rings. The van der Waals surface area contributed by atoms with Crippen LogP contribution in [0, 0.1) is 0 Å². The zero-order valence-electron chi connectivity index (χ0n) is 18.3. The molecule has 15 heteroatoms. The van der Waals surface area contributed by atoms with Gasteiger partial charge >= 0.3 is 6.18 Å². The molecule has 0 atom stereocenters. The van der Waals surface area contributed by atoms with E-state index >= 15 is 0 Å². The molecule has 0 saturated heterocycles. The first kappa shape index (κ1) is 23.9. The number of nitrogens with zero attached hydrogens (tertiary/aromatic N) is 7. The highest BCUT2D eigenvalue weighted by molar-refractivity contribution is 6.32. The molecule has 0 aliphatic rings. The summed E-state index contributed by atoms with van der Waals surface area (Å²) in [5.74, 6) is -1.71. The number of nitrogens with two attached hydrogens (primary N) is 1. The number of halogens is 4. The largest absolute Gasteiger partial charge is 0.434 e. The topological polar surface area (TPSA) is 146 Å². The number of carbonyl (C=O) groups is 2. The SMILES string of the molecule is NC(=O)c1ccc(-n2ncc(C(=O)Nc3cnc(-n4nccn4)c(Cl)c3)c2C(F)(F)F)c2ccncc12. The maximum absolute atomic E-state index is 14.2. The molecule has 2 amide bonds. The van der Waals surface area contributed by atoms with Crippen LogP contribution in [0.25, 0.3) is 22.3 Å². The summed E-state index contributed by atoms with van der Waals surface area (Å²) in [5, 5.41) is 14.5. The Morgan fingerprint density at radius 1 is 0.946 bits per heavy atom. The van der Waals surface area contributed by atoms with Crippen LogP contribution in [-0.4, -0.2) is 46.6 Å². The minimum Gasteiger partial charge on any atom is -0.366 e. The number of primary amides is 1. The van der Waals surface area contributed by atoms with Crippen molar-refractivity contribution in [3.05, 3.63) is 83.3 Å². The van der Waals surface area contributed by atoms with E-state index in [1.54, 1.807) is 0 Å². The van der Waals surface area contributed by atoms with Crippen molar-refractivity contribution in [2.45, 2.75) is 6.18 Å². The average Bonchev–Trinajstić information content (AvgIpc) is 3.54. The number of carbonyl (C=O) groups excluding carboxylic acids is 2. The molecule has 186 valence electrons. The van der Waals surface area contributed by atoms with E-state index in [1.807, 2.05) is 0 Å². The third-order valence-electron chi connectivity index (χ3n) is 5.26. The summed E-state index contributed by atoms with van der Waals surface area (Å²) in [6.45, 7) is 0. The van der Waals surface area contributed by atoms with Crippen LogP contribution in [0.3, 0.4) is 0 Å². The van der Waals surface area contributed by atoms with Crippen molar-refractivity contribution >= 4 is 39.9 Å². The quantitative estimate of drug-likeness (QED) is 0.356. The number of hydrogen-bond acceptors (Lipinski definition) is 7. The Hall–Kier alpha value is -4.85. The Morgan fingerprint density at radius 3 is 2.38 bits per heavy atom. The average molecular weight is 528 g/mol. The molecular formula is C22H13ClF3N9O2. The molecule has 3 N–H and O–H groups in total. The summed E-state index contributed by atoms with van der Waals surface area (Å²) < 4.78 is 43.3. The number of benzene rings is 1. The van der Waals surface area contributed by atoms with E-state index in [1.165, 1.54) is 55.2 Å². The number of alkyl halides is 3. The van der Waals surface area contributed by atoms with Crippen LogP contribution in [0.5, 0.6) is 0 Å².